The molecule has 640 valence electrons. The molecule has 0 aromatic rings. The van der Waals surface area contributed by atoms with E-state index in [1.807, 2.05) is 25.6 Å². The number of esters is 6. The van der Waals surface area contributed by atoms with E-state index >= 15 is 0 Å². The van der Waals surface area contributed by atoms with Gasteiger partial charge in [-0.25, -0.2) is 28.8 Å². The van der Waals surface area contributed by atoms with Crippen LogP contribution in [-0.2, 0) is 57.2 Å². The van der Waals surface area contributed by atoms with Crippen LogP contribution in [0.1, 0.15) is 138 Å². The number of thioether (sulfide) groups is 12. The van der Waals surface area contributed by atoms with Crippen molar-refractivity contribution in [3.63, 3.8) is 0 Å². The average molecular weight is 1850 g/mol. The van der Waals surface area contributed by atoms with Crippen molar-refractivity contribution >= 4 is 177 Å². The van der Waals surface area contributed by atoms with Crippen LogP contribution in [-0.4, -0.2) is 203 Å². The number of hydrogen-bond donors (Lipinski definition) is 0. The van der Waals surface area contributed by atoms with Gasteiger partial charge in [-0.15, -0.1) is 82.3 Å². The molecule has 15 unspecified atom stereocenters. The van der Waals surface area contributed by atoms with E-state index in [0.29, 0.717) is 56.3 Å². The lowest BCUT2D eigenvalue weighted by atomic mass is 10.0. The number of rotatable bonds is 12. The van der Waals surface area contributed by atoms with Crippen molar-refractivity contribution in [3.05, 3.63) is 72.9 Å². The minimum atomic E-state index is -4.74. The second-order valence-electron chi connectivity index (χ2n) is 27.8. The molecule has 112 heavy (non-hydrogen) atoms. The molecule has 0 radical (unpaired) electrons. The summed E-state index contributed by atoms with van der Waals surface area (Å²) in [6.45, 7) is 28.3. The summed E-state index contributed by atoms with van der Waals surface area (Å²) in [6.07, 6.45) is -13.8. The molecule has 0 bridgehead atoms. The molecule has 42 heteroatoms. The molecule has 0 spiro atoms. The molecule has 0 N–H and O–H groups in total. The van der Waals surface area contributed by atoms with Gasteiger partial charge in [-0.05, 0) is 131 Å². The largest absolute Gasteiger partial charge is 0.447 e. The molecule has 6 aliphatic heterocycles. The van der Waals surface area contributed by atoms with Gasteiger partial charge < -0.3 is 28.4 Å². The quantitative estimate of drug-likeness (QED) is 0.0785. The summed E-state index contributed by atoms with van der Waals surface area (Å²) in [7, 11) is 0. The molecule has 0 aromatic heterocycles. The Balaban J connectivity index is 0.000000241. The molecular weight excluding hydrogens is 1760 g/mol. The zero-order valence-corrected chi connectivity index (χ0v) is 71.5. The van der Waals surface area contributed by atoms with E-state index in [1.54, 1.807) is 77.5 Å². The third kappa shape index (κ3) is 31.3. The maximum absolute atomic E-state index is 12.6. The first-order chi connectivity index (χ1) is 51.5. The molecule has 15 atom stereocenters. The number of fused-ring (bicyclic) bond motifs is 4. The lowest BCUT2D eigenvalue weighted by Gasteiger charge is -2.43. The summed E-state index contributed by atoms with van der Waals surface area (Å²) < 4.78 is 253. The summed E-state index contributed by atoms with van der Waals surface area (Å²) in [5, 5.41) is 2.77. The monoisotopic (exact) mass is 1850 g/mol. The van der Waals surface area contributed by atoms with Gasteiger partial charge in [-0.1, -0.05) is 80.0 Å². The Hall–Kier alpha value is -1.80. The Morgan fingerprint density at radius 3 is 1.29 bits per heavy atom. The molecule has 10 fully saturated rings. The van der Waals surface area contributed by atoms with Gasteiger partial charge in [0.05, 0.1) is 15.7 Å². The van der Waals surface area contributed by atoms with Gasteiger partial charge in [0, 0.05) is 54.5 Å². The second-order valence-corrected chi connectivity index (χ2v) is 44.3. The third-order valence-electron chi connectivity index (χ3n) is 18.0. The van der Waals surface area contributed by atoms with E-state index in [2.05, 4.69) is 60.2 Å². The van der Waals surface area contributed by atoms with Crippen molar-refractivity contribution in [1.82, 2.24) is 0 Å². The van der Waals surface area contributed by atoms with Gasteiger partial charge in [0.15, 0.2) is 31.1 Å². The van der Waals surface area contributed by atoms with Gasteiger partial charge in [0.1, 0.15) is 33.4 Å². The van der Waals surface area contributed by atoms with Crippen LogP contribution in [0.3, 0.4) is 0 Å². The first kappa shape index (κ1) is 101. The fourth-order valence-electron chi connectivity index (χ4n) is 11.7. The van der Waals surface area contributed by atoms with Crippen LogP contribution in [0, 0.1) is 5.41 Å². The Morgan fingerprint density at radius 1 is 0.366 bits per heavy atom. The summed E-state index contributed by atoms with van der Waals surface area (Å²) in [6, 6.07) is 0. The van der Waals surface area contributed by atoms with Crippen LogP contribution >= 0.6 is 141 Å². The van der Waals surface area contributed by atoms with Crippen LogP contribution < -0.4 is 0 Å². The standard InChI is InChI=1S/C14H17F3O2S2.C12H15F3O2S2.C11H13F3O2S2.3C11H15F3O2S2/c1-8(14(15,16)17)12(18)19-13-7-3-6-11(13)20-9-4-2-5-10(9)21-13;1-8(12(13,14)15)10(16)17-11-5-2-4-9(11)18-6-3-7-19-11;1-6(11(12,13)14)10(15)16-9-5-17-7-3-2-4-8(7)18-9;1-7(11(12,13)14)9(15)16-8-4-17-5-10(2,3)6-18-8;1-6-4-7(2)18-9(5-17-6)16-10(15)8(3)11(12,13)14;1-7(11(12,13)14)9(15)16-10(3)8(2)17-5-4-6-18-10/h9-11H,1-7H2;9H,1-7H2;7-9H,1-5H2;8H,1,4-6H2,2-3H3;6-7,9H,3-5H2,1-2H3;8H,1,4-6H2,2-3H3. The highest BCUT2D eigenvalue weighted by Gasteiger charge is 2.57. The number of alkyl halides is 18. The van der Waals surface area contributed by atoms with E-state index in [1.165, 1.54) is 58.8 Å². The van der Waals surface area contributed by atoms with Crippen molar-refractivity contribution < 1.29 is 136 Å². The van der Waals surface area contributed by atoms with Crippen LogP contribution in [0.5, 0.6) is 0 Å². The molecule has 10 aliphatic rings. The van der Waals surface area contributed by atoms with E-state index in [-0.39, 0.29) is 26.4 Å². The number of halogens is 18. The topological polar surface area (TPSA) is 158 Å². The summed E-state index contributed by atoms with van der Waals surface area (Å²) in [5.41, 5.74) is -10.1. The Labute approximate surface area is 691 Å². The second kappa shape index (κ2) is 43.1. The lowest BCUT2D eigenvalue weighted by Crippen LogP contribution is -2.45. The Morgan fingerprint density at radius 2 is 0.777 bits per heavy atom. The van der Waals surface area contributed by atoms with Crippen molar-refractivity contribution in [1.29, 1.82) is 0 Å². The number of hydrogen-bond acceptors (Lipinski definition) is 24. The fraction of sp³-hybridized carbons (Fsp3) is 0.743. The van der Waals surface area contributed by atoms with Gasteiger partial charge >= 0.3 is 72.9 Å². The van der Waals surface area contributed by atoms with Crippen molar-refractivity contribution in [3.8, 4) is 0 Å². The highest BCUT2D eigenvalue weighted by atomic mass is 32.2. The van der Waals surface area contributed by atoms with Crippen molar-refractivity contribution in [2.24, 2.45) is 5.41 Å². The van der Waals surface area contributed by atoms with Crippen LogP contribution in [0.25, 0.3) is 0 Å². The van der Waals surface area contributed by atoms with E-state index in [4.69, 9.17) is 28.4 Å². The fourth-order valence-corrected chi connectivity index (χ4v) is 30.6. The zero-order valence-electron chi connectivity index (χ0n) is 61.7. The maximum Gasteiger partial charge on any atom is 0.422 e. The first-order valence-corrected chi connectivity index (χ1v) is 47.1. The Bertz CT molecular complexity index is 3260. The number of carbonyl (C=O) groups is 6. The summed E-state index contributed by atoms with van der Waals surface area (Å²) in [4.78, 5) is 66.3. The predicted octanol–water partition coefficient (Wildman–Crippen LogP) is 22.2. The van der Waals surface area contributed by atoms with Crippen molar-refractivity contribution in [2.75, 3.05) is 51.8 Å². The van der Waals surface area contributed by atoms with Crippen LogP contribution in [0.2, 0.25) is 0 Å². The molecule has 6 saturated heterocycles. The molecule has 4 aliphatic carbocycles. The number of carbonyl (C=O) groups excluding carboxylic acids is 6. The molecule has 12 nitrogen and oxygen atoms in total. The summed E-state index contributed by atoms with van der Waals surface area (Å²) >= 11 is 18.7. The normalized spacial score (nSPS) is 31.1. The Kier molecular flexibility index (Phi) is 38.8. The van der Waals surface area contributed by atoms with Gasteiger partial charge in [0.25, 0.3) is 0 Å². The molecule has 10 rings (SSSR count). The molecular formula is C70H90F18O12S12. The lowest BCUT2D eigenvalue weighted by molar-refractivity contribution is -0.158. The minimum Gasteiger partial charge on any atom is -0.447 e. The minimum absolute atomic E-state index is 0.0602. The maximum atomic E-state index is 12.6. The average Bonchev–Trinajstić information content (AvgIpc) is 1.58. The highest BCUT2D eigenvalue weighted by molar-refractivity contribution is 8.09. The van der Waals surface area contributed by atoms with Crippen LogP contribution in [0.4, 0.5) is 79.0 Å². The SMILES string of the molecule is C=C(C(=O)OC1(C)SCCCSC1C)C(F)(F)F.C=C(C(=O)OC12CCCC1SC1CCCC1S2)C(F)(F)F.C=C(C(=O)OC12CCCC1SCCCS2)C(F)(F)F.C=C(C(=O)OC1CSC(C)CC(C)S1)C(F)(F)F.C=C(C(=O)OC1CSC2CCCC2S1)C(F)(F)F.C=C(C(=O)OC1CSCC(C)(C)CS1)C(F)(F)F. The van der Waals surface area contributed by atoms with Crippen molar-refractivity contribution in [2.45, 2.75) is 253 Å². The number of ether oxygens (including phenoxy) is 6. The molecule has 0 aromatic carbocycles. The molecule has 6 heterocycles. The first-order valence-electron chi connectivity index (χ1n) is 35.0. The van der Waals surface area contributed by atoms with Gasteiger partial charge in [-0.2, -0.15) is 138 Å². The van der Waals surface area contributed by atoms with Gasteiger partial charge in [0.2, 0.25) is 0 Å². The zero-order chi connectivity index (χ0) is 84.6. The molecule has 4 saturated carbocycles. The van der Waals surface area contributed by atoms with E-state index in [9.17, 15) is 108 Å². The van der Waals surface area contributed by atoms with Gasteiger partial charge in [-0.3, -0.25) is 0 Å². The summed E-state index contributed by atoms with van der Waals surface area (Å²) in [5.74, 6) is -1.43. The van der Waals surface area contributed by atoms with Crippen LogP contribution in [0.15, 0.2) is 72.9 Å². The van der Waals surface area contributed by atoms with E-state index in [0.717, 1.165) is 118 Å². The predicted molar refractivity (Wildman–Crippen MR) is 422 cm³/mol. The third-order valence-corrected chi connectivity index (χ3v) is 37.7. The molecule has 0 amide bonds. The smallest absolute Gasteiger partial charge is 0.422 e. The van der Waals surface area contributed by atoms with E-state index < -0.39 is 137 Å². The highest BCUT2D eigenvalue weighted by Crippen LogP contribution is 2.61.